The molecule has 1 amide bonds. The molecule has 2 N–H and O–H groups in total. The summed E-state index contributed by atoms with van der Waals surface area (Å²) in [5, 5.41) is 0. The van der Waals surface area contributed by atoms with Crippen LogP contribution in [0.25, 0.3) is 6.08 Å². The molecule has 3 nitrogen and oxygen atoms in total. The molecule has 0 aliphatic heterocycles. The Kier molecular flexibility index (Phi) is 5.59. The van der Waals surface area contributed by atoms with E-state index >= 15 is 0 Å². The first kappa shape index (κ1) is 14.9. The SMILES string of the molecule is NC(=O)OC(CC=Cc1ccccc1)Cc1ccccc1. The largest absolute Gasteiger partial charge is 0.446 e. The molecule has 3 heteroatoms. The highest BCUT2D eigenvalue weighted by molar-refractivity contribution is 5.64. The Hall–Kier alpha value is -2.55. The Labute approximate surface area is 125 Å². The number of carbonyl (C=O) groups is 1. The first-order chi connectivity index (χ1) is 10.2. The van der Waals surface area contributed by atoms with Crippen LogP contribution in [-0.4, -0.2) is 12.2 Å². The number of amides is 1. The number of ether oxygens (including phenoxy) is 1. The van der Waals surface area contributed by atoms with Gasteiger partial charge in [0.25, 0.3) is 0 Å². The first-order valence-electron chi connectivity index (χ1n) is 6.95. The Morgan fingerprint density at radius 1 is 1.05 bits per heavy atom. The fourth-order valence-electron chi connectivity index (χ4n) is 2.13. The molecule has 1 atom stereocenters. The summed E-state index contributed by atoms with van der Waals surface area (Å²) in [6, 6.07) is 19.9. The van der Waals surface area contributed by atoms with E-state index in [0.29, 0.717) is 12.8 Å². The van der Waals surface area contributed by atoms with E-state index in [9.17, 15) is 4.79 Å². The van der Waals surface area contributed by atoms with Gasteiger partial charge in [-0.15, -0.1) is 0 Å². The number of rotatable bonds is 6. The Bertz CT molecular complexity index is 579. The number of primary amides is 1. The van der Waals surface area contributed by atoms with Crippen molar-refractivity contribution in [1.29, 1.82) is 0 Å². The summed E-state index contributed by atoms with van der Waals surface area (Å²) in [6.45, 7) is 0. The van der Waals surface area contributed by atoms with Crippen LogP contribution in [0.4, 0.5) is 4.79 Å². The molecule has 0 heterocycles. The number of nitrogens with two attached hydrogens (primary N) is 1. The van der Waals surface area contributed by atoms with E-state index < -0.39 is 6.09 Å². The normalized spacial score (nSPS) is 12.2. The molecule has 0 saturated carbocycles. The van der Waals surface area contributed by atoms with E-state index in [1.165, 1.54) is 0 Å². The molecule has 0 bridgehead atoms. The molecule has 1 unspecified atom stereocenters. The molecular formula is C18H19NO2. The molecule has 0 aromatic heterocycles. The van der Waals surface area contributed by atoms with Gasteiger partial charge in [0, 0.05) is 12.8 Å². The monoisotopic (exact) mass is 281 g/mol. The summed E-state index contributed by atoms with van der Waals surface area (Å²) in [5.41, 5.74) is 7.39. The van der Waals surface area contributed by atoms with Gasteiger partial charge in [0.05, 0.1) is 0 Å². The molecule has 0 radical (unpaired) electrons. The molecule has 0 saturated heterocycles. The Morgan fingerprint density at radius 3 is 2.29 bits per heavy atom. The molecule has 2 rings (SSSR count). The lowest BCUT2D eigenvalue weighted by molar-refractivity contribution is 0.108. The lowest BCUT2D eigenvalue weighted by Gasteiger charge is -2.15. The highest BCUT2D eigenvalue weighted by Gasteiger charge is 2.11. The highest BCUT2D eigenvalue weighted by Crippen LogP contribution is 2.11. The fraction of sp³-hybridized carbons (Fsp3) is 0.167. The predicted molar refractivity (Wildman–Crippen MR) is 84.7 cm³/mol. The van der Waals surface area contributed by atoms with Crippen LogP contribution in [0.5, 0.6) is 0 Å². The molecular weight excluding hydrogens is 262 g/mol. The lowest BCUT2D eigenvalue weighted by Crippen LogP contribution is -2.24. The third-order valence-electron chi connectivity index (χ3n) is 3.10. The van der Waals surface area contributed by atoms with E-state index in [1.807, 2.05) is 72.8 Å². The molecule has 108 valence electrons. The topological polar surface area (TPSA) is 52.3 Å². The van der Waals surface area contributed by atoms with E-state index in [0.717, 1.165) is 11.1 Å². The maximum absolute atomic E-state index is 11.0. The zero-order valence-electron chi connectivity index (χ0n) is 11.8. The van der Waals surface area contributed by atoms with Gasteiger partial charge in [-0.1, -0.05) is 72.8 Å². The van der Waals surface area contributed by atoms with Crippen molar-refractivity contribution in [2.45, 2.75) is 18.9 Å². The maximum atomic E-state index is 11.0. The van der Waals surface area contributed by atoms with E-state index in [-0.39, 0.29) is 6.10 Å². The van der Waals surface area contributed by atoms with Crippen molar-refractivity contribution in [3.05, 3.63) is 77.9 Å². The van der Waals surface area contributed by atoms with Crippen LogP contribution in [0.15, 0.2) is 66.7 Å². The van der Waals surface area contributed by atoms with Gasteiger partial charge in [-0.25, -0.2) is 4.79 Å². The number of hydrogen-bond acceptors (Lipinski definition) is 2. The van der Waals surface area contributed by atoms with Crippen molar-refractivity contribution in [3.8, 4) is 0 Å². The van der Waals surface area contributed by atoms with Gasteiger partial charge in [0.1, 0.15) is 6.10 Å². The summed E-state index contributed by atoms with van der Waals surface area (Å²) in [5.74, 6) is 0. The minimum Gasteiger partial charge on any atom is -0.446 e. The highest BCUT2D eigenvalue weighted by atomic mass is 16.6. The zero-order valence-corrected chi connectivity index (χ0v) is 11.8. The van der Waals surface area contributed by atoms with Crippen molar-refractivity contribution >= 4 is 12.2 Å². The van der Waals surface area contributed by atoms with Crippen LogP contribution in [0.3, 0.4) is 0 Å². The van der Waals surface area contributed by atoms with Crippen LogP contribution >= 0.6 is 0 Å². The van der Waals surface area contributed by atoms with Gasteiger partial charge in [0.15, 0.2) is 0 Å². The van der Waals surface area contributed by atoms with Gasteiger partial charge >= 0.3 is 6.09 Å². The molecule has 0 aliphatic rings. The molecule has 2 aromatic rings. The van der Waals surface area contributed by atoms with Gasteiger partial charge in [-0.05, 0) is 11.1 Å². The van der Waals surface area contributed by atoms with E-state index in [1.54, 1.807) is 0 Å². The Balaban J connectivity index is 1.96. The number of carbonyl (C=O) groups excluding carboxylic acids is 1. The van der Waals surface area contributed by atoms with Crippen LogP contribution in [0.2, 0.25) is 0 Å². The third kappa shape index (κ3) is 5.53. The van der Waals surface area contributed by atoms with E-state index in [2.05, 4.69) is 0 Å². The van der Waals surface area contributed by atoms with Crippen LogP contribution in [0.1, 0.15) is 17.5 Å². The fourth-order valence-corrected chi connectivity index (χ4v) is 2.13. The van der Waals surface area contributed by atoms with E-state index in [4.69, 9.17) is 10.5 Å². The summed E-state index contributed by atoms with van der Waals surface area (Å²) in [7, 11) is 0. The van der Waals surface area contributed by atoms with Gasteiger partial charge in [0.2, 0.25) is 0 Å². The second kappa shape index (κ2) is 7.90. The quantitative estimate of drug-likeness (QED) is 0.875. The van der Waals surface area contributed by atoms with Gasteiger partial charge < -0.3 is 10.5 Å². The molecule has 0 fully saturated rings. The average Bonchev–Trinajstić information content (AvgIpc) is 2.49. The van der Waals surface area contributed by atoms with Crippen molar-refractivity contribution in [2.75, 3.05) is 0 Å². The zero-order chi connectivity index (χ0) is 14.9. The summed E-state index contributed by atoms with van der Waals surface area (Å²) in [4.78, 5) is 11.0. The van der Waals surface area contributed by atoms with Crippen LogP contribution < -0.4 is 5.73 Å². The average molecular weight is 281 g/mol. The Morgan fingerprint density at radius 2 is 1.67 bits per heavy atom. The summed E-state index contributed by atoms with van der Waals surface area (Å²) in [6.07, 6.45) is 4.33. The second-order valence-electron chi connectivity index (χ2n) is 4.80. The first-order valence-corrected chi connectivity index (χ1v) is 6.95. The van der Waals surface area contributed by atoms with Crippen molar-refractivity contribution < 1.29 is 9.53 Å². The van der Waals surface area contributed by atoms with Crippen molar-refractivity contribution in [3.63, 3.8) is 0 Å². The van der Waals surface area contributed by atoms with Crippen molar-refractivity contribution in [1.82, 2.24) is 0 Å². The second-order valence-corrected chi connectivity index (χ2v) is 4.80. The number of hydrogen-bond donors (Lipinski definition) is 1. The van der Waals surface area contributed by atoms with Gasteiger partial charge in [-0.2, -0.15) is 0 Å². The maximum Gasteiger partial charge on any atom is 0.404 e. The summed E-state index contributed by atoms with van der Waals surface area (Å²) < 4.78 is 5.18. The minimum absolute atomic E-state index is 0.245. The van der Waals surface area contributed by atoms with Crippen LogP contribution in [0, 0.1) is 0 Å². The van der Waals surface area contributed by atoms with Crippen molar-refractivity contribution in [2.24, 2.45) is 5.73 Å². The van der Waals surface area contributed by atoms with Gasteiger partial charge in [-0.3, -0.25) is 0 Å². The molecule has 21 heavy (non-hydrogen) atoms. The smallest absolute Gasteiger partial charge is 0.404 e. The molecule has 2 aromatic carbocycles. The summed E-state index contributed by atoms with van der Waals surface area (Å²) >= 11 is 0. The standard InChI is InChI=1S/C18H19NO2/c19-18(20)21-17(14-16-10-5-2-6-11-16)13-7-12-15-8-3-1-4-9-15/h1-12,17H,13-14H2,(H2,19,20). The minimum atomic E-state index is -0.732. The number of benzene rings is 2. The predicted octanol–water partition coefficient (Wildman–Crippen LogP) is 3.80. The third-order valence-corrected chi connectivity index (χ3v) is 3.10. The van der Waals surface area contributed by atoms with Crippen LogP contribution in [-0.2, 0) is 11.2 Å². The molecule has 0 spiro atoms. The lowest BCUT2D eigenvalue weighted by atomic mass is 10.0. The molecule has 0 aliphatic carbocycles.